The van der Waals surface area contributed by atoms with Gasteiger partial charge in [-0.3, -0.25) is 14.6 Å². The quantitative estimate of drug-likeness (QED) is 0.811. The summed E-state index contributed by atoms with van der Waals surface area (Å²) in [6.45, 7) is -0.743. The first-order chi connectivity index (χ1) is 13.2. The van der Waals surface area contributed by atoms with Gasteiger partial charge in [0.05, 0.1) is 35.8 Å². The Hall–Kier alpha value is -3.22. The van der Waals surface area contributed by atoms with Crippen molar-refractivity contribution >= 4 is 22.7 Å². The molecule has 1 aromatic heterocycles. The first kappa shape index (κ1) is 19.5. The predicted octanol–water partition coefficient (Wildman–Crippen LogP) is 2.45. The molecule has 1 aliphatic rings. The lowest BCUT2D eigenvalue weighted by Gasteiger charge is -2.19. The number of hydrogen-bond donors (Lipinski definition) is 1. The van der Waals surface area contributed by atoms with Crippen LogP contribution in [0.2, 0.25) is 0 Å². The van der Waals surface area contributed by atoms with E-state index in [1.54, 1.807) is 0 Å². The second-order valence-corrected chi connectivity index (χ2v) is 6.26. The third-order valence-corrected chi connectivity index (χ3v) is 4.44. The van der Waals surface area contributed by atoms with Crippen LogP contribution < -0.4 is 5.32 Å². The molecule has 2 aromatic rings. The van der Waals surface area contributed by atoms with Gasteiger partial charge in [0.25, 0.3) is 5.91 Å². The van der Waals surface area contributed by atoms with Gasteiger partial charge in [0.2, 0.25) is 5.91 Å². The van der Waals surface area contributed by atoms with Crippen molar-refractivity contribution in [2.75, 3.05) is 13.1 Å². The van der Waals surface area contributed by atoms with E-state index in [4.69, 9.17) is 5.26 Å². The topological polar surface area (TPSA) is 86.1 Å². The summed E-state index contributed by atoms with van der Waals surface area (Å²) < 4.78 is 52.8. The Labute approximate surface area is 156 Å². The number of nitriles is 1. The zero-order valence-corrected chi connectivity index (χ0v) is 14.3. The predicted molar refractivity (Wildman–Crippen MR) is 89.7 cm³/mol. The van der Waals surface area contributed by atoms with Crippen molar-refractivity contribution in [2.45, 2.75) is 24.8 Å². The Kier molecular flexibility index (Phi) is 5.18. The lowest BCUT2D eigenvalue weighted by Crippen LogP contribution is -2.42. The highest BCUT2D eigenvalue weighted by Crippen LogP contribution is 2.34. The van der Waals surface area contributed by atoms with Crippen molar-refractivity contribution < 1.29 is 27.2 Å². The number of carbonyl (C=O) groups is 2. The normalized spacial score (nSPS) is 19.5. The molecule has 3 rings (SSSR count). The van der Waals surface area contributed by atoms with Gasteiger partial charge in [0.15, 0.2) is 0 Å². The summed E-state index contributed by atoms with van der Waals surface area (Å²) >= 11 is 0. The van der Waals surface area contributed by atoms with Crippen molar-refractivity contribution in [1.82, 2.24) is 15.2 Å². The van der Waals surface area contributed by atoms with E-state index in [0.29, 0.717) is 0 Å². The maximum atomic E-state index is 13.4. The fourth-order valence-corrected chi connectivity index (χ4v) is 3.14. The smallest absolute Gasteiger partial charge is 0.343 e. The highest BCUT2D eigenvalue weighted by molar-refractivity contribution is 6.07. The molecule has 2 amide bonds. The molecule has 1 unspecified atom stereocenters. The van der Waals surface area contributed by atoms with Crippen LogP contribution in [0.3, 0.4) is 0 Å². The zero-order chi connectivity index (χ0) is 20.5. The minimum atomic E-state index is -4.64. The van der Waals surface area contributed by atoms with Crippen LogP contribution in [0.25, 0.3) is 10.9 Å². The first-order valence-corrected chi connectivity index (χ1v) is 8.28. The summed E-state index contributed by atoms with van der Waals surface area (Å²) in [4.78, 5) is 29.4. The van der Waals surface area contributed by atoms with Crippen molar-refractivity contribution in [3.05, 3.63) is 41.6 Å². The minimum Gasteiger partial charge on any atom is -0.343 e. The van der Waals surface area contributed by atoms with Crippen molar-refractivity contribution in [3.8, 4) is 6.07 Å². The minimum absolute atomic E-state index is 0.0119. The molecule has 1 aromatic carbocycles. The van der Waals surface area contributed by atoms with Crippen molar-refractivity contribution in [1.29, 1.82) is 5.26 Å². The molecule has 1 fully saturated rings. The molecule has 1 aliphatic heterocycles. The van der Waals surface area contributed by atoms with Gasteiger partial charge in [0, 0.05) is 18.0 Å². The highest BCUT2D eigenvalue weighted by Gasteiger charge is 2.36. The van der Waals surface area contributed by atoms with E-state index in [1.807, 2.05) is 6.07 Å². The van der Waals surface area contributed by atoms with E-state index < -0.39 is 42.3 Å². The fourth-order valence-electron chi connectivity index (χ4n) is 3.14. The molecule has 1 N–H and O–H groups in total. The molecule has 0 aliphatic carbocycles. The molecule has 0 radical (unpaired) electrons. The number of pyridine rings is 1. The van der Waals surface area contributed by atoms with Gasteiger partial charge in [-0.05, 0) is 12.1 Å². The van der Waals surface area contributed by atoms with E-state index >= 15 is 0 Å². The Bertz CT molecular complexity index is 970. The van der Waals surface area contributed by atoms with Crippen LogP contribution in [0.5, 0.6) is 0 Å². The number of alkyl halides is 4. The van der Waals surface area contributed by atoms with Gasteiger partial charge in [-0.2, -0.15) is 18.4 Å². The Balaban J connectivity index is 1.79. The fraction of sp³-hybridized carbons (Fsp3) is 0.333. The number of halogens is 4. The van der Waals surface area contributed by atoms with Crippen molar-refractivity contribution in [3.63, 3.8) is 0 Å². The third kappa shape index (κ3) is 3.74. The summed E-state index contributed by atoms with van der Waals surface area (Å²) in [5, 5.41) is 11.3. The summed E-state index contributed by atoms with van der Waals surface area (Å²) in [6, 6.07) is 5.52. The SMILES string of the molecule is N#C[C@@H]1CC(F)CN1C(=O)CNC(=O)c1ccnc2c(C(F)(F)F)cccc12. The first-order valence-electron chi connectivity index (χ1n) is 8.28. The standard InChI is InChI=1S/C18H14F4N4O2/c19-10-6-11(7-23)26(9-10)15(27)8-25-17(28)13-4-5-24-16-12(13)2-1-3-14(16)18(20,21)22/h1-5,10-11H,6,8-9H2,(H,25,28)/t10?,11-/m0/s1. The average Bonchev–Trinajstić information content (AvgIpc) is 3.05. The summed E-state index contributed by atoms with van der Waals surface area (Å²) in [5.41, 5.74) is -1.43. The zero-order valence-electron chi connectivity index (χ0n) is 14.3. The molecule has 28 heavy (non-hydrogen) atoms. The van der Waals surface area contributed by atoms with Gasteiger partial charge in [-0.15, -0.1) is 0 Å². The number of nitrogens with zero attached hydrogens (tertiary/aromatic N) is 3. The summed E-state index contributed by atoms with van der Waals surface area (Å²) in [7, 11) is 0. The number of para-hydroxylation sites is 1. The molecular weight excluding hydrogens is 380 g/mol. The number of amides is 2. The van der Waals surface area contributed by atoms with Gasteiger partial charge >= 0.3 is 6.18 Å². The second kappa shape index (κ2) is 7.42. The second-order valence-electron chi connectivity index (χ2n) is 6.26. The summed E-state index contributed by atoms with van der Waals surface area (Å²) in [5.74, 6) is -1.42. The van der Waals surface area contributed by atoms with Crippen LogP contribution in [0.15, 0.2) is 30.5 Å². The lowest BCUT2D eigenvalue weighted by molar-refractivity contribution is -0.136. The highest BCUT2D eigenvalue weighted by atomic mass is 19.4. The van der Waals surface area contributed by atoms with E-state index in [0.717, 1.165) is 23.2 Å². The molecular formula is C18H14F4N4O2. The molecule has 0 spiro atoms. The Morgan fingerprint density at radius 3 is 2.75 bits per heavy atom. The van der Waals surface area contributed by atoms with E-state index in [9.17, 15) is 27.2 Å². The number of benzene rings is 1. The molecule has 2 heterocycles. The number of aromatic nitrogens is 1. The monoisotopic (exact) mass is 394 g/mol. The molecule has 10 heteroatoms. The maximum Gasteiger partial charge on any atom is 0.418 e. The van der Waals surface area contributed by atoms with Gasteiger partial charge in [-0.1, -0.05) is 12.1 Å². The van der Waals surface area contributed by atoms with Gasteiger partial charge in [0.1, 0.15) is 12.2 Å². The molecule has 6 nitrogen and oxygen atoms in total. The Morgan fingerprint density at radius 2 is 2.07 bits per heavy atom. The number of hydrogen-bond acceptors (Lipinski definition) is 4. The average molecular weight is 394 g/mol. The number of rotatable bonds is 3. The molecule has 146 valence electrons. The molecule has 2 atom stereocenters. The van der Waals surface area contributed by atoms with Crippen molar-refractivity contribution in [2.24, 2.45) is 0 Å². The Morgan fingerprint density at radius 1 is 1.32 bits per heavy atom. The van der Waals surface area contributed by atoms with Crippen LogP contribution >= 0.6 is 0 Å². The van der Waals surface area contributed by atoms with Gasteiger partial charge < -0.3 is 10.2 Å². The van der Waals surface area contributed by atoms with E-state index in [2.05, 4.69) is 10.3 Å². The van der Waals surface area contributed by atoms with Crippen LogP contribution in [0, 0.1) is 11.3 Å². The molecule has 0 saturated carbocycles. The number of likely N-dealkylation sites (tertiary alicyclic amines) is 1. The van der Waals surface area contributed by atoms with Crippen LogP contribution in [-0.4, -0.2) is 47.0 Å². The van der Waals surface area contributed by atoms with Crippen LogP contribution in [0.1, 0.15) is 22.3 Å². The van der Waals surface area contributed by atoms with E-state index in [-0.39, 0.29) is 29.4 Å². The third-order valence-electron chi connectivity index (χ3n) is 4.44. The van der Waals surface area contributed by atoms with Crippen LogP contribution in [-0.2, 0) is 11.0 Å². The number of nitrogens with one attached hydrogen (secondary N) is 1. The number of fused-ring (bicyclic) bond motifs is 1. The van der Waals surface area contributed by atoms with Crippen LogP contribution in [0.4, 0.5) is 17.6 Å². The summed E-state index contributed by atoms with van der Waals surface area (Å²) in [6.07, 6.45) is -4.96. The molecule has 1 saturated heterocycles. The maximum absolute atomic E-state index is 13.4. The largest absolute Gasteiger partial charge is 0.418 e. The van der Waals surface area contributed by atoms with E-state index in [1.165, 1.54) is 12.1 Å². The lowest BCUT2D eigenvalue weighted by atomic mass is 10.0. The number of carbonyl (C=O) groups excluding carboxylic acids is 2. The molecule has 0 bridgehead atoms. The van der Waals surface area contributed by atoms with Gasteiger partial charge in [-0.25, -0.2) is 4.39 Å².